The molecule has 1 aromatic rings. The lowest BCUT2D eigenvalue weighted by atomic mass is 10.1. The van der Waals surface area contributed by atoms with Crippen molar-refractivity contribution in [2.75, 3.05) is 18.0 Å². The second kappa shape index (κ2) is 5.07. The molecule has 1 aromatic heterocycles. The Bertz CT molecular complexity index is 353. The third-order valence-corrected chi connectivity index (χ3v) is 2.76. The molecule has 0 bridgehead atoms. The van der Waals surface area contributed by atoms with Crippen molar-refractivity contribution in [2.24, 2.45) is 0 Å². The van der Waals surface area contributed by atoms with Crippen LogP contribution in [0.1, 0.15) is 25.3 Å². The lowest BCUT2D eigenvalue weighted by Gasteiger charge is -2.29. The normalized spacial score (nSPS) is 18.2. The van der Waals surface area contributed by atoms with Crippen LogP contribution >= 0.6 is 0 Å². The topological polar surface area (TPSA) is 49.2 Å². The molecule has 0 aliphatic carbocycles. The van der Waals surface area contributed by atoms with Gasteiger partial charge in [0, 0.05) is 31.0 Å². The van der Waals surface area contributed by atoms with Gasteiger partial charge < -0.3 is 10.0 Å². The molecule has 1 saturated heterocycles. The van der Waals surface area contributed by atoms with Gasteiger partial charge in [0.15, 0.2) is 0 Å². The van der Waals surface area contributed by atoms with Crippen LogP contribution in [0.5, 0.6) is 0 Å². The molecular formula is C12H17N3O. The Morgan fingerprint density at radius 1 is 1.31 bits per heavy atom. The van der Waals surface area contributed by atoms with Crippen LogP contribution in [0.3, 0.4) is 0 Å². The Labute approximate surface area is 95.6 Å². The Balaban J connectivity index is 2.04. The van der Waals surface area contributed by atoms with Crippen molar-refractivity contribution < 1.29 is 5.11 Å². The van der Waals surface area contributed by atoms with E-state index in [1.165, 1.54) is 0 Å². The number of rotatable bonds is 2. The van der Waals surface area contributed by atoms with Crippen molar-refractivity contribution in [3.05, 3.63) is 24.0 Å². The van der Waals surface area contributed by atoms with E-state index in [9.17, 15) is 5.11 Å². The van der Waals surface area contributed by atoms with E-state index in [4.69, 9.17) is 0 Å². The number of nitrogens with zero attached hydrogens (tertiary/aromatic N) is 3. The molecule has 0 radical (unpaired) electrons. The molecule has 4 heteroatoms. The van der Waals surface area contributed by atoms with E-state index >= 15 is 0 Å². The molecule has 0 unspecified atom stereocenters. The van der Waals surface area contributed by atoms with E-state index in [0.29, 0.717) is 0 Å². The molecule has 1 aliphatic heterocycles. The van der Waals surface area contributed by atoms with E-state index in [1.807, 2.05) is 31.5 Å². The number of aliphatic hydroxyl groups excluding tert-OH is 1. The summed E-state index contributed by atoms with van der Waals surface area (Å²) in [5.41, 5.74) is 1.02. The number of piperidine rings is 1. The highest BCUT2D eigenvalue weighted by molar-refractivity contribution is 5.47. The molecule has 0 saturated carbocycles. The summed E-state index contributed by atoms with van der Waals surface area (Å²) in [6.45, 7) is 3.65. The fraction of sp³-hybridized carbons (Fsp3) is 0.500. The summed E-state index contributed by atoms with van der Waals surface area (Å²) in [6, 6.07) is 0. The summed E-state index contributed by atoms with van der Waals surface area (Å²) >= 11 is 0. The highest BCUT2D eigenvalue weighted by Gasteiger charge is 2.18. The van der Waals surface area contributed by atoms with Gasteiger partial charge in [-0.3, -0.25) is 0 Å². The third-order valence-electron chi connectivity index (χ3n) is 2.76. The summed E-state index contributed by atoms with van der Waals surface area (Å²) in [5, 5.41) is 9.41. The summed E-state index contributed by atoms with van der Waals surface area (Å²) < 4.78 is 0. The smallest absolute Gasteiger partial charge is 0.225 e. The molecule has 2 heterocycles. The minimum absolute atomic E-state index is 0.154. The number of allylic oxidation sites excluding steroid dienone is 1. The van der Waals surface area contributed by atoms with Crippen molar-refractivity contribution in [3.8, 4) is 0 Å². The maximum absolute atomic E-state index is 9.41. The van der Waals surface area contributed by atoms with Gasteiger partial charge >= 0.3 is 0 Å². The highest BCUT2D eigenvalue weighted by Crippen LogP contribution is 2.15. The molecule has 0 aromatic carbocycles. The number of aromatic nitrogens is 2. The molecule has 1 aliphatic rings. The zero-order valence-corrected chi connectivity index (χ0v) is 9.50. The molecular weight excluding hydrogens is 202 g/mol. The van der Waals surface area contributed by atoms with Crippen molar-refractivity contribution in [1.29, 1.82) is 0 Å². The fourth-order valence-electron chi connectivity index (χ4n) is 1.84. The van der Waals surface area contributed by atoms with E-state index in [-0.39, 0.29) is 6.10 Å². The van der Waals surface area contributed by atoms with E-state index in [1.54, 1.807) is 0 Å². The molecule has 1 fully saturated rings. The van der Waals surface area contributed by atoms with Crippen LogP contribution in [0, 0.1) is 0 Å². The first-order valence-corrected chi connectivity index (χ1v) is 5.67. The number of hydrogen-bond acceptors (Lipinski definition) is 4. The van der Waals surface area contributed by atoms with Gasteiger partial charge in [-0.25, -0.2) is 9.97 Å². The number of hydrogen-bond donors (Lipinski definition) is 1. The Morgan fingerprint density at radius 3 is 2.50 bits per heavy atom. The van der Waals surface area contributed by atoms with Crippen LogP contribution in [0.4, 0.5) is 5.95 Å². The van der Waals surface area contributed by atoms with Crippen LogP contribution in [0.25, 0.3) is 6.08 Å². The summed E-state index contributed by atoms with van der Waals surface area (Å²) in [7, 11) is 0. The minimum atomic E-state index is -0.154. The van der Waals surface area contributed by atoms with Gasteiger partial charge in [0.05, 0.1) is 6.10 Å². The van der Waals surface area contributed by atoms with Gasteiger partial charge in [0.2, 0.25) is 5.95 Å². The average Bonchev–Trinajstić information content (AvgIpc) is 2.32. The number of anilines is 1. The first-order valence-electron chi connectivity index (χ1n) is 5.67. The maximum Gasteiger partial charge on any atom is 0.225 e. The Kier molecular flexibility index (Phi) is 3.51. The first kappa shape index (κ1) is 11.1. The molecule has 1 N–H and O–H groups in total. The van der Waals surface area contributed by atoms with E-state index in [2.05, 4.69) is 14.9 Å². The van der Waals surface area contributed by atoms with Crippen molar-refractivity contribution in [3.63, 3.8) is 0 Å². The zero-order valence-electron chi connectivity index (χ0n) is 9.50. The van der Waals surface area contributed by atoms with Crippen molar-refractivity contribution in [1.82, 2.24) is 9.97 Å². The quantitative estimate of drug-likeness (QED) is 0.818. The van der Waals surface area contributed by atoms with Crippen LogP contribution < -0.4 is 4.90 Å². The molecule has 0 spiro atoms. The predicted octanol–water partition coefficient (Wildman–Crippen LogP) is 1.47. The largest absolute Gasteiger partial charge is 0.393 e. The van der Waals surface area contributed by atoms with Crippen molar-refractivity contribution in [2.45, 2.75) is 25.9 Å². The summed E-state index contributed by atoms with van der Waals surface area (Å²) in [4.78, 5) is 10.8. The lowest BCUT2D eigenvalue weighted by molar-refractivity contribution is 0.145. The second-order valence-electron chi connectivity index (χ2n) is 4.03. The Morgan fingerprint density at radius 2 is 1.94 bits per heavy atom. The first-order chi connectivity index (χ1) is 7.79. The molecule has 2 rings (SSSR count). The van der Waals surface area contributed by atoms with Gasteiger partial charge in [0.25, 0.3) is 0 Å². The minimum Gasteiger partial charge on any atom is -0.393 e. The standard InChI is InChI=1S/C12H17N3O/c1-2-3-10-8-13-12(14-9-10)15-6-4-11(16)5-7-15/h2-3,8-9,11,16H,4-7H2,1H3/b3-2-. The molecule has 0 atom stereocenters. The van der Waals surface area contributed by atoms with E-state index < -0.39 is 0 Å². The van der Waals surface area contributed by atoms with Gasteiger partial charge in [-0.1, -0.05) is 12.2 Å². The average molecular weight is 219 g/mol. The lowest BCUT2D eigenvalue weighted by Crippen LogP contribution is -2.36. The SMILES string of the molecule is C/C=C\c1cnc(N2CCC(O)CC2)nc1. The molecule has 86 valence electrons. The molecule has 0 amide bonds. The van der Waals surface area contributed by atoms with Gasteiger partial charge in [-0.05, 0) is 19.8 Å². The monoisotopic (exact) mass is 219 g/mol. The predicted molar refractivity (Wildman–Crippen MR) is 64.2 cm³/mol. The third kappa shape index (κ3) is 2.58. The second-order valence-corrected chi connectivity index (χ2v) is 4.03. The van der Waals surface area contributed by atoms with Gasteiger partial charge in [-0.2, -0.15) is 0 Å². The van der Waals surface area contributed by atoms with Crippen LogP contribution in [-0.4, -0.2) is 34.3 Å². The molecule has 16 heavy (non-hydrogen) atoms. The van der Waals surface area contributed by atoms with Crippen LogP contribution in [0.15, 0.2) is 18.5 Å². The maximum atomic E-state index is 9.41. The fourth-order valence-corrected chi connectivity index (χ4v) is 1.84. The summed E-state index contributed by atoms with van der Waals surface area (Å²) in [6.07, 6.45) is 9.05. The molecule has 4 nitrogen and oxygen atoms in total. The van der Waals surface area contributed by atoms with E-state index in [0.717, 1.165) is 37.4 Å². The zero-order chi connectivity index (χ0) is 11.4. The summed E-state index contributed by atoms with van der Waals surface area (Å²) in [5.74, 6) is 0.764. The van der Waals surface area contributed by atoms with Crippen LogP contribution in [0.2, 0.25) is 0 Å². The van der Waals surface area contributed by atoms with Crippen LogP contribution in [-0.2, 0) is 0 Å². The Hall–Kier alpha value is -1.42. The van der Waals surface area contributed by atoms with Gasteiger partial charge in [-0.15, -0.1) is 0 Å². The van der Waals surface area contributed by atoms with Gasteiger partial charge in [0.1, 0.15) is 0 Å². The highest BCUT2D eigenvalue weighted by atomic mass is 16.3. The number of aliphatic hydroxyl groups is 1. The van der Waals surface area contributed by atoms with Crippen molar-refractivity contribution >= 4 is 12.0 Å².